The summed E-state index contributed by atoms with van der Waals surface area (Å²) in [6.45, 7) is 8.09. The quantitative estimate of drug-likeness (QED) is 0.163. The summed E-state index contributed by atoms with van der Waals surface area (Å²) in [6, 6.07) is 51.0. The topological polar surface area (TPSA) is 43.9 Å². The van der Waals surface area contributed by atoms with E-state index < -0.39 is 0 Å². The van der Waals surface area contributed by atoms with Crippen molar-refractivity contribution >= 4 is 49.4 Å². The van der Waals surface area contributed by atoms with Gasteiger partial charge in [0.15, 0.2) is 11.4 Å². The van der Waals surface area contributed by atoms with Crippen LogP contribution in [-0.2, 0) is 0 Å². The van der Waals surface area contributed by atoms with Gasteiger partial charge in [0.1, 0.15) is 16.8 Å². The average molecular weight is 642 g/mol. The van der Waals surface area contributed by atoms with Gasteiger partial charge in [0, 0.05) is 27.4 Å². The summed E-state index contributed by atoms with van der Waals surface area (Å²) in [7, 11) is 0. The third kappa shape index (κ3) is 4.94. The fourth-order valence-electron chi connectivity index (χ4n) is 6.92. The van der Waals surface area contributed by atoms with Gasteiger partial charge in [-0.2, -0.15) is 0 Å². The highest BCUT2D eigenvalue weighted by Gasteiger charge is 2.19. The van der Waals surface area contributed by atoms with Gasteiger partial charge in [-0.3, -0.25) is 0 Å². The molecule has 9 aromatic rings. The number of furan rings is 1. The van der Waals surface area contributed by atoms with Gasteiger partial charge in [0.25, 0.3) is 0 Å². The SMILES string of the molecule is C=C/C=C\C(=C)c1nc(-c2ccccc2)nc2c1oc1cc(-c3cccc(-c4cccc(-n5c6ccccc6c6ccccc65)c4)c3)ccc12. The second kappa shape index (κ2) is 12.0. The van der Waals surface area contributed by atoms with Crippen LogP contribution in [0.3, 0.4) is 0 Å². The van der Waals surface area contributed by atoms with E-state index >= 15 is 0 Å². The molecule has 0 bridgehead atoms. The van der Waals surface area contributed by atoms with Crippen LogP contribution >= 0.6 is 0 Å². The molecule has 0 radical (unpaired) electrons. The zero-order valence-corrected chi connectivity index (χ0v) is 27.3. The molecule has 50 heavy (non-hydrogen) atoms. The van der Waals surface area contributed by atoms with E-state index in [-0.39, 0.29) is 0 Å². The molecule has 6 aromatic carbocycles. The van der Waals surface area contributed by atoms with E-state index in [4.69, 9.17) is 14.4 Å². The van der Waals surface area contributed by atoms with Gasteiger partial charge in [0.2, 0.25) is 0 Å². The Morgan fingerprint density at radius 3 is 1.92 bits per heavy atom. The van der Waals surface area contributed by atoms with E-state index in [1.807, 2.05) is 42.5 Å². The Morgan fingerprint density at radius 2 is 1.20 bits per heavy atom. The van der Waals surface area contributed by atoms with Crippen LogP contribution < -0.4 is 0 Å². The van der Waals surface area contributed by atoms with E-state index in [0.29, 0.717) is 17.1 Å². The van der Waals surface area contributed by atoms with Crippen LogP contribution in [0, 0.1) is 0 Å². The second-order valence-electron chi connectivity index (χ2n) is 12.4. The Kier molecular flexibility index (Phi) is 7.07. The first-order chi connectivity index (χ1) is 24.7. The average Bonchev–Trinajstić information content (AvgIpc) is 3.72. The third-order valence-electron chi connectivity index (χ3n) is 9.30. The first-order valence-electron chi connectivity index (χ1n) is 16.6. The molecular weight excluding hydrogens is 611 g/mol. The van der Waals surface area contributed by atoms with Crippen LogP contribution in [0.25, 0.3) is 88.8 Å². The van der Waals surface area contributed by atoms with Crippen molar-refractivity contribution in [2.75, 3.05) is 0 Å². The van der Waals surface area contributed by atoms with E-state index in [1.165, 1.54) is 21.8 Å². The van der Waals surface area contributed by atoms with Crippen molar-refractivity contribution in [3.05, 3.63) is 183 Å². The zero-order valence-electron chi connectivity index (χ0n) is 27.3. The molecule has 0 spiro atoms. The van der Waals surface area contributed by atoms with Crippen molar-refractivity contribution in [1.29, 1.82) is 0 Å². The highest BCUT2D eigenvalue weighted by Crippen LogP contribution is 2.37. The lowest BCUT2D eigenvalue weighted by Gasteiger charge is -2.11. The summed E-state index contributed by atoms with van der Waals surface area (Å²) in [6.07, 6.45) is 5.47. The molecule has 3 heterocycles. The number of allylic oxidation sites excluding steroid dienone is 4. The van der Waals surface area contributed by atoms with Crippen molar-refractivity contribution < 1.29 is 4.42 Å². The number of hydrogen-bond acceptors (Lipinski definition) is 3. The van der Waals surface area contributed by atoms with Gasteiger partial charge in [-0.05, 0) is 70.3 Å². The van der Waals surface area contributed by atoms with E-state index in [2.05, 4.69) is 133 Å². The minimum absolute atomic E-state index is 0.617. The van der Waals surface area contributed by atoms with Crippen molar-refractivity contribution in [2.24, 2.45) is 0 Å². The van der Waals surface area contributed by atoms with E-state index in [9.17, 15) is 0 Å². The first kappa shape index (κ1) is 29.4. The lowest BCUT2D eigenvalue weighted by Crippen LogP contribution is -1.95. The molecule has 0 atom stereocenters. The Hall–Kier alpha value is -6.78. The lowest BCUT2D eigenvalue weighted by molar-refractivity contribution is 0.664. The smallest absolute Gasteiger partial charge is 0.180 e. The Balaban J connectivity index is 1.13. The standard InChI is InChI=1S/C46H31N3O/c1-3-4-14-30(2)43-45-44(48-46(47-43)31-15-6-5-7-16-31)39-26-25-35(29-42(39)50-45)33-18-12-17-32(27-33)34-19-13-20-36(28-34)49-40-23-10-8-21-37(40)38-22-9-11-24-41(38)49/h3-29H,1-2H2/b14-4-. The van der Waals surface area contributed by atoms with Gasteiger partial charge in [0.05, 0.1) is 11.0 Å². The fourth-order valence-corrected chi connectivity index (χ4v) is 6.92. The highest BCUT2D eigenvalue weighted by atomic mass is 16.3. The lowest BCUT2D eigenvalue weighted by atomic mass is 9.98. The Bertz CT molecular complexity index is 2750. The predicted octanol–water partition coefficient (Wildman–Crippen LogP) is 12.2. The molecule has 0 saturated heterocycles. The molecule has 4 heteroatoms. The molecule has 0 aliphatic heterocycles. The largest absolute Gasteiger partial charge is 0.452 e. The molecule has 0 amide bonds. The molecular formula is C46H31N3O. The number of benzene rings is 6. The van der Waals surface area contributed by atoms with Crippen molar-refractivity contribution in [1.82, 2.24) is 14.5 Å². The number of para-hydroxylation sites is 2. The normalized spacial score (nSPS) is 11.7. The van der Waals surface area contributed by atoms with Crippen LogP contribution in [-0.4, -0.2) is 14.5 Å². The number of hydrogen-bond donors (Lipinski definition) is 0. The zero-order chi connectivity index (χ0) is 33.6. The van der Waals surface area contributed by atoms with Crippen molar-refractivity contribution in [3.63, 3.8) is 0 Å². The summed E-state index contributed by atoms with van der Waals surface area (Å²) in [5, 5.41) is 3.44. The van der Waals surface area contributed by atoms with Crippen molar-refractivity contribution in [3.8, 4) is 39.3 Å². The fraction of sp³-hybridized carbons (Fsp3) is 0. The molecule has 3 aromatic heterocycles. The summed E-state index contributed by atoms with van der Waals surface area (Å²) in [4.78, 5) is 9.90. The van der Waals surface area contributed by atoms with Gasteiger partial charge in [-0.1, -0.05) is 135 Å². The molecule has 0 aliphatic carbocycles. The molecule has 0 aliphatic rings. The summed E-state index contributed by atoms with van der Waals surface area (Å²) < 4.78 is 8.89. The maximum atomic E-state index is 6.53. The van der Waals surface area contributed by atoms with Crippen LogP contribution in [0.4, 0.5) is 0 Å². The third-order valence-corrected chi connectivity index (χ3v) is 9.30. The molecule has 0 saturated carbocycles. The summed E-state index contributed by atoms with van der Waals surface area (Å²) in [5.74, 6) is 0.629. The Labute approximate surface area is 289 Å². The van der Waals surface area contributed by atoms with Crippen molar-refractivity contribution in [2.45, 2.75) is 0 Å². The van der Waals surface area contributed by atoms with Gasteiger partial charge >= 0.3 is 0 Å². The predicted molar refractivity (Wildman–Crippen MR) is 208 cm³/mol. The number of nitrogens with zero attached hydrogens (tertiary/aromatic N) is 3. The molecule has 4 nitrogen and oxygen atoms in total. The molecule has 0 unspecified atom stereocenters. The maximum Gasteiger partial charge on any atom is 0.180 e. The number of aromatic nitrogens is 3. The monoisotopic (exact) mass is 641 g/mol. The first-order valence-corrected chi connectivity index (χ1v) is 16.6. The Morgan fingerprint density at radius 1 is 0.580 bits per heavy atom. The van der Waals surface area contributed by atoms with Crippen LogP contribution in [0.2, 0.25) is 0 Å². The maximum absolute atomic E-state index is 6.53. The van der Waals surface area contributed by atoms with Gasteiger partial charge < -0.3 is 8.98 Å². The number of rotatable bonds is 7. The molecule has 9 rings (SSSR count). The van der Waals surface area contributed by atoms with Crippen LogP contribution in [0.5, 0.6) is 0 Å². The number of fused-ring (bicyclic) bond motifs is 6. The molecule has 0 N–H and O–H groups in total. The molecule has 236 valence electrons. The molecule has 0 fully saturated rings. The van der Waals surface area contributed by atoms with E-state index in [1.54, 1.807) is 6.08 Å². The van der Waals surface area contributed by atoms with E-state index in [0.717, 1.165) is 55.6 Å². The minimum Gasteiger partial charge on any atom is -0.452 e. The van der Waals surface area contributed by atoms with Crippen LogP contribution in [0.1, 0.15) is 5.69 Å². The summed E-state index contributed by atoms with van der Waals surface area (Å²) >= 11 is 0. The second-order valence-corrected chi connectivity index (χ2v) is 12.4. The summed E-state index contributed by atoms with van der Waals surface area (Å²) in [5.41, 5.74) is 12.4. The van der Waals surface area contributed by atoms with Gasteiger partial charge in [-0.15, -0.1) is 0 Å². The van der Waals surface area contributed by atoms with Gasteiger partial charge in [-0.25, -0.2) is 9.97 Å². The highest BCUT2D eigenvalue weighted by molar-refractivity contribution is 6.09. The minimum atomic E-state index is 0.617. The van der Waals surface area contributed by atoms with Crippen LogP contribution in [0.15, 0.2) is 181 Å².